The first-order chi connectivity index (χ1) is 15.3. The largest absolute Gasteiger partial charge is 0.496 e. The zero-order valence-electron chi connectivity index (χ0n) is 18.2. The van der Waals surface area contributed by atoms with E-state index in [1.165, 1.54) is 10.5 Å². The SMILES string of the molecule is COc1ccccc1-c1cc(NC(=O)C2CCN(S(=O)(=O)c3cn(C)c(C)n3)CC2)n[nH]1. The summed E-state index contributed by atoms with van der Waals surface area (Å²) in [6, 6.07) is 9.27. The van der Waals surface area contributed by atoms with E-state index < -0.39 is 10.0 Å². The first-order valence-corrected chi connectivity index (χ1v) is 11.7. The number of benzene rings is 1. The summed E-state index contributed by atoms with van der Waals surface area (Å²) >= 11 is 0. The van der Waals surface area contributed by atoms with Gasteiger partial charge in [-0.1, -0.05) is 12.1 Å². The molecule has 0 saturated carbocycles. The van der Waals surface area contributed by atoms with E-state index in [1.54, 1.807) is 31.7 Å². The number of rotatable bonds is 6. The molecule has 11 heteroatoms. The van der Waals surface area contributed by atoms with Gasteiger partial charge in [0.05, 0.1) is 12.8 Å². The number of piperidine rings is 1. The average molecular weight is 459 g/mol. The highest BCUT2D eigenvalue weighted by Gasteiger charge is 2.33. The number of aromatic amines is 1. The Bertz CT molecular complexity index is 1210. The Hall–Kier alpha value is -3.18. The molecular formula is C21H26N6O4S. The van der Waals surface area contributed by atoms with Gasteiger partial charge in [-0.2, -0.15) is 9.40 Å². The van der Waals surface area contributed by atoms with Gasteiger partial charge >= 0.3 is 0 Å². The van der Waals surface area contributed by atoms with Crippen LogP contribution < -0.4 is 10.1 Å². The third-order valence-electron chi connectivity index (χ3n) is 5.74. The van der Waals surface area contributed by atoms with E-state index in [4.69, 9.17) is 4.74 Å². The zero-order chi connectivity index (χ0) is 22.9. The van der Waals surface area contributed by atoms with Crippen molar-refractivity contribution in [3.63, 3.8) is 0 Å². The highest BCUT2D eigenvalue weighted by Crippen LogP contribution is 2.30. The van der Waals surface area contributed by atoms with E-state index in [2.05, 4.69) is 20.5 Å². The Morgan fingerprint density at radius 2 is 1.97 bits per heavy atom. The number of anilines is 1. The molecule has 1 aromatic carbocycles. The number of H-pyrrole nitrogens is 1. The zero-order valence-corrected chi connectivity index (χ0v) is 19.0. The van der Waals surface area contributed by atoms with Crippen LogP contribution in [0.25, 0.3) is 11.3 Å². The number of aryl methyl sites for hydroxylation is 2. The number of carbonyl (C=O) groups excluding carboxylic acids is 1. The summed E-state index contributed by atoms with van der Waals surface area (Å²) in [7, 11) is -0.312. The fourth-order valence-corrected chi connectivity index (χ4v) is 5.26. The number of carbonyl (C=O) groups is 1. The molecule has 1 amide bonds. The van der Waals surface area contributed by atoms with E-state index in [0.717, 1.165) is 11.3 Å². The number of hydrogen-bond acceptors (Lipinski definition) is 6. The van der Waals surface area contributed by atoms with Crippen molar-refractivity contribution in [3.8, 4) is 17.0 Å². The second-order valence-electron chi connectivity index (χ2n) is 7.77. The van der Waals surface area contributed by atoms with Crippen LogP contribution in [0.2, 0.25) is 0 Å². The van der Waals surface area contributed by atoms with Crippen LogP contribution in [0, 0.1) is 12.8 Å². The average Bonchev–Trinajstić information content (AvgIpc) is 3.40. The summed E-state index contributed by atoms with van der Waals surface area (Å²) < 4.78 is 34.1. The molecule has 0 bridgehead atoms. The minimum Gasteiger partial charge on any atom is -0.496 e. The lowest BCUT2D eigenvalue weighted by Gasteiger charge is -2.29. The number of sulfonamides is 1. The van der Waals surface area contributed by atoms with Crippen LogP contribution in [-0.4, -0.2) is 58.6 Å². The van der Waals surface area contributed by atoms with Gasteiger partial charge in [0.25, 0.3) is 10.0 Å². The van der Waals surface area contributed by atoms with Gasteiger partial charge in [0.15, 0.2) is 10.8 Å². The first-order valence-electron chi connectivity index (χ1n) is 10.3. The highest BCUT2D eigenvalue weighted by atomic mass is 32.2. The number of imidazole rings is 1. The summed E-state index contributed by atoms with van der Waals surface area (Å²) in [5, 5.41) is 9.97. The number of ether oxygens (including phenoxy) is 1. The Balaban J connectivity index is 1.38. The molecule has 0 atom stereocenters. The molecular weight excluding hydrogens is 432 g/mol. The molecule has 10 nitrogen and oxygen atoms in total. The van der Waals surface area contributed by atoms with Crippen LogP contribution in [-0.2, 0) is 21.9 Å². The quantitative estimate of drug-likeness (QED) is 0.584. The van der Waals surface area contributed by atoms with E-state index in [9.17, 15) is 13.2 Å². The van der Waals surface area contributed by atoms with Gasteiger partial charge in [-0.05, 0) is 31.9 Å². The molecule has 0 radical (unpaired) electrons. The Morgan fingerprint density at radius 1 is 1.25 bits per heavy atom. The molecule has 2 aromatic heterocycles. The summed E-state index contributed by atoms with van der Waals surface area (Å²) in [4.78, 5) is 16.9. The molecule has 2 N–H and O–H groups in total. The molecule has 1 aliphatic rings. The van der Waals surface area contributed by atoms with Gasteiger partial charge in [0, 0.05) is 43.9 Å². The lowest BCUT2D eigenvalue weighted by atomic mass is 9.97. The Kier molecular flexibility index (Phi) is 6.02. The number of nitrogens with zero attached hydrogens (tertiary/aromatic N) is 4. The van der Waals surface area contributed by atoms with Crippen molar-refractivity contribution in [3.05, 3.63) is 42.4 Å². The van der Waals surface area contributed by atoms with Gasteiger partial charge in [0.2, 0.25) is 5.91 Å². The smallest absolute Gasteiger partial charge is 0.262 e. The molecule has 0 spiro atoms. The number of hydrogen-bond donors (Lipinski definition) is 2. The molecule has 3 heterocycles. The minimum atomic E-state index is -3.67. The maximum absolute atomic E-state index is 12.8. The van der Waals surface area contributed by atoms with Gasteiger partial charge < -0.3 is 14.6 Å². The molecule has 4 rings (SSSR count). The van der Waals surface area contributed by atoms with Crippen molar-refractivity contribution in [2.75, 3.05) is 25.5 Å². The first kappa shape index (κ1) is 22.0. The second-order valence-corrected chi connectivity index (χ2v) is 9.66. The fraction of sp³-hybridized carbons (Fsp3) is 0.381. The maximum Gasteiger partial charge on any atom is 0.262 e. The Morgan fingerprint density at radius 3 is 2.62 bits per heavy atom. The van der Waals surface area contributed by atoms with E-state index in [1.807, 2.05) is 24.3 Å². The normalized spacial score (nSPS) is 15.6. The lowest BCUT2D eigenvalue weighted by Crippen LogP contribution is -2.41. The third-order valence-corrected chi connectivity index (χ3v) is 7.51. The van der Waals surface area contributed by atoms with Crippen molar-refractivity contribution in [2.45, 2.75) is 24.8 Å². The van der Waals surface area contributed by atoms with Gasteiger partial charge in [-0.25, -0.2) is 13.4 Å². The van der Waals surface area contributed by atoms with Crippen LogP contribution in [0.4, 0.5) is 5.82 Å². The molecule has 0 aliphatic carbocycles. The van der Waals surface area contributed by atoms with Gasteiger partial charge in [0.1, 0.15) is 11.6 Å². The van der Waals surface area contributed by atoms with Crippen molar-refractivity contribution >= 4 is 21.7 Å². The van der Waals surface area contributed by atoms with Crippen molar-refractivity contribution < 1.29 is 17.9 Å². The summed E-state index contributed by atoms with van der Waals surface area (Å²) in [6.45, 7) is 2.29. The fourth-order valence-electron chi connectivity index (χ4n) is 3.76. The predicted octanol–water partition coefficient (Wildman–Crippen LogP) is 2.17. The highest BCUT2D eigenvalue weighted by molar-refractivity contribution is 7.89. The topological polar surface area (TPSA) is 122 Å². The number of nitrogens with one attached hydrogen (secondary N) is 2. The Labute approximate surface area is 186 Å². The second kappa shape index (κ2) is 8.75. The predicted molar refractivity (Wildman–Crippen MR) is 119 cm³/mol. The maximum atomic E-state index is 12.8. The summed E-state index contributed by atoms with van der Waals surface area (Å²) in [5.74, 6) is 1.28. The molecule has 1 saturated heterocycles. The summed E-state index contributed by atoms with van der Waals surface area (Å²) in [5.41, 5.74) is 1.57. The number of amides is 1. The van der Waals surface area contributed by atoms with Gasteiger partial charge in [-0.15, -0.1) is 0 Å². The van der Waals surface area contributed by atoms with E-state index >= 15 is 0 Å². The van der Waals surface area contributed by atoms with E-state index in [-0.39, 0.29) is 29.9 Å². The molecule has 32 heavy (non-hydrogen) atoms. The van der Waals surface area contributed by atoms with Crippen LogP contribution in [0.3, 0.4) is 0 Å². The monoisotopic (exact) mass is 458 g/mol. The number of aromatic nitrogens is 4. The molecule has 0 unspecified atom stereocenters. The standard InChI is InChI=1S/C21H26N6O4S/c1-14-22-20(13-26(14)2)32(29,30)27-10-8-15(9-11-27)21(28)23-19-12-17(24-25-19)16-6-4-5-7-18(16)31-3/h4-7,12-13,15H,8-11H2,1-3H3,(H2,23,24,25,28). The van der Waals surface area contributed by atoms with E-state index in [0.29, 0.717) is 30.2 Å². The van der Waals surface area contributed by atoms with Crippen molar-refractivity contribution in [1.29, 1.82) is 0 Å². The molecule has 1 fully saturated rings. The van der Waals surface area contributed by atoms with Crippen LogP contribution >= 0.6 is 0 Å². The van der Waals surface area contributed by atoms with Crippen LogP contribution in [0.1, 0.15) is 18.7 Å². The van der Waals surface area contributed by atoms with Crippen LogP contribution in [0.5, 0.6) is 5.75 Å². The third kappa shape index (κ3) is 4.26. The number of methoxy groups -OCH3 is 1. The molecule has 1 aliphatic heterocycles. The van der Waals surface area contributed by atoms with Crippen molar-refractivity contribution in [2.24, 2.45) is 13.0 Å². The molecule has 3 aromatic rings. The lowest BCUT2D eigenvalue weighted by molar-refractivity contribution is -0.120. The van der Waals surface area contributed by atoms with Crippen LogP contribution in [0.15, 0.2) is 41.6 Å². The van der Waals surface area contributed by atoms with Gasteiger partial charge in [-0.3, -0.25) is 9.89 Å². The minimum absolute atomic E-state index is 0.0424. The van der Waals surface area contributed by atoms with Crippen molar-refractivity contribution in [1.82, 2.24) is 24.1 Å². The molecule has 170 valence electrons. The number of para-hydroxylation sites is 1. The summed E-state index contributed by atoms with van der Waals surface area (Å²) in [6.07, 6.45) is 2.38.